The minimum atomic E-state index is -0.973. The Labute approximate surface area is 129 Å². The Kier molecular flexibility index (Phi) is 5.91. The van der Waals surface area contributed by atoms with Gasteiger partial charge in [0.15, 0.2) is 0 Å². The van der Waals surface area contributed by atoms with E-state index in [4.69, 9.17) is 9.47 Å². The molecule has 0 spiro atoms. The van der Waals surface area contributed by atoms with Crippen LogP contribution in [-0.4, -0.2) is 54.3 Å². The molecule has 120 valence electrons. The molecule has 0 aromatic heterocycles. The molecule has 1 amide bonds. The molecule has 1 aromatic carbocycles. The number of hydrogen-bond donors (Lipinski definition) is 1. The van der Waals surface area contributed by atoms with Gasteiger partial charge in [-0.15, -0.1) is 0 Å². The lowest BCUT2D eigenvalue weighted by Crippen LogP contribution is -2.49. The Hall–Kier alpha value is -1.92. The van der Waals surface area contributed by atoms with Crippen molar-refractivity contribution in [2.45, 2.75) is 25.0 Å². The van der Waals surface area contributed by atoms with Crippen LogP contribution in [0.3, 0.4) is 0 Å². The van der Waals surface area contributed by atoms with E-state index < -0.39 is 5.60 Å². The molecule has 0 saturated carbocycles. The minimum Gasteiger partial charge on any atom is -0.445 e. The van der Waals surface area contributed by atoms with Crippen LogP contribution in [0.2, 0.25) is 0 Å². The number of piperidine rings is 1. The molecule has 6 heteroatoms. The first kappa shape index (κ1) is 16.5. The van der Waals surface area contributed by atoms with Gasteiger partial charge in [0.1, 0.15) is 19.5 Å². The number of carbonyl (C=O) groups is 2. The van der Waals surface area contributed by atoms with E-state index in [0.29, 0.717) is 32.2 Å². The first-order valence-corrected chi connectivity index (χ1v) is 7.32. The normalized spacial score (nSPS) is 17.0. The van der Waals surface area contributed by atoms with Gasteiger partial charge >= 0.3 is 6.09 Å². The molecular weight excluding hydrogens is 286 g/mol. The highest BCUT2D eigenvalue weighted by Crippen LogP contribution is 2.23. The summed E-state index contributed by atoms with van der Waals surface area (Å²) in [6, 6.07) is 9.48. The molecule has 1 saturated heterocycles. The monoisotopic (exact) mass is 307 g/mol. The summed E-state index contributed by atoms with van der Waals surface area (Å²) < 4.78 is 10.3. The Bertz CT molecular complexity index is 483. The van der Waals surface area contributed by atoms with E-state index in [2.05, 4.69) is 0 Å². The van der Waals surface area contributed by atoms with Crippen LogP contribution in [0, 0.1) is 0 Å². The fraction of sp³-hybridized carbons (Fsp3) is 0.500. The van der Waals surface area contributed by atoms with Crippen LogP contribution < -0.4 is 0 Å². The average Bonchev–Trinajstić information content (AvgIpc) is 2.54. The molecule has 0 atom stereocenters. The lowest BCUT2D eigenvalue weighted by atomic mass is 9.92. The van der Waals surface area contributed by atoms with Crippen molar-refractivity contribution >= 4 is 12.4 Å². The van der Waals surface area contributed by atoms with Gasteiger partial charge in [0.2, 0.25) is 0 Å². The van der Waals surface area contributed by atoms with Gasteiger partial charge in [0, 0.05) is 13.1 Å². The van der Waals surface area contributed by atoms with E-state index in [1.54, 1.807) is 4.90 Å². The van der Waals surface area contributed by atoms with E-state index in [1.165, 1.54) is 0 Å². The number of likely N-dealkylation sites (tertiary alicyclic amines) is 1. The maximum atomic E-state index is 12.0. The third kappa shape index (κ3) is 4.82. The molecule has 0 unspecified atom stereocenters. The Morgan fingerprint density at radius 1 is 1.27 bits per heavy atom. The molecule has 2 rings (SSSR count). The van der Waals surface area contributed by atoms with Crippen molar-refractivity contribution in [2.24, 2.45) is 0 Å². The topological polar surface area (TPSA) is 76.1 Å². The summed E-state index contributed by atoms with van der Waals surface area (Å²) in [5.74, 6) is 0. The second-order valence-corrected chi connectivity index (χ2v) is 5.43. The maximum Gasteiger partial charge on any atom is 0.410 e. The van der Waals surface area contributed by atoms with Crippen molar-refractivity contribution in [1.82, 2.24) is 4.90 Å². The van der Waals surface area contributed by atoms with E-state index in [0.717, 1.165) is 5.56 Å². The predicted octanol–water partition coefficient (Wildman–Crippen LogP) is 1.37. The smallest absolute Gasteiger partial charge is 0.410 e. The second-order valence-electron chi connectivity index (χ2n) is 5.43. The zero-order valence-corrected chi connectivity index (χ0v) is 12.4. The molecule has 1 fully saturated rings. The molecule has 1 aliphatic rings. The van der Waals surface area contributed by atoms with Crippen LogP contribution in [0.15, 0.2) is 30.3 Å². The molecule has 1 N–H and O–H groups in total. The van der Waals surface area contributed by atoms with Gasteiger partial charge in [-0.05, 0) is 18.4 Å². The number of rotatable bonds is 6. The minimum absolute atomic E-state index is 0.0227. The maximum absolute atomic E-state index is 12.0. The standard InChI is InChI=1S/C16H21NO5/c18-10-11-21-13-16(20)6-8-17(9-7-16)15(19)22-12-14-4-2-1-3-5-14/h1-5,10,20H,6-9,11-13H2. The summed E-state index contributed by atoms with van der Waals surface area (Å²) in [4.78, 5) is 23.8. The summed E-state index contributed by atoms with van der Waals surface area (Å²) in [5, 5.41) is 10.3. The highest BCUT2D eigenvalue weighted by atomic mass is 16.6. The highest BCUT2D eigenvalue weighted by molar-refractivity contribution is 5.67. The SMILES string of the molecule is O=CCOCC1(O)CCN(C(=O)OCc2ccccc2)CC1. The summed E-state index contributed by atoms with van der Waals surface area (Å²) in [6.07, 6.45) is 1.09. The van der Waals surface area contributed by atoms with E-state index in [-0.39, 0.29) is 25.9 Å². The lowest BCUT2D eigenvalue weighted by molar-refractivity contribution is -0.117. The van der Waals surface area contributed by atoms with Crippen molar-refractivity contribution in [2.75, 3.05) is 26.3 Å². The zero-order valence-electron chi connectivity index (χ0n) is 12.4. The van der Waals surface area contributed by atoms with Crippen LogP contribution >= 0.6 is 0 Å². The fourth-order valence-corrected chi connectivity index (χ4v) is 2.36. The quantitative estimate of drug-likeness (QED) is 0.634. The molecular formula is C16H21NO5. The molecule has 1 aliphatic heterocycles. The van der Waals surface area contributed by atoms with Crippen LogP contribution in [0.25, 0.3) is 0 Å². The molecule has 22 heavy (non-hydrogen) atoms. The van der Waals surface area contributed by atoms with Gasteiger partial charge in [-0.3, -0.25) is 0 Å². The molecule has 1 aromatic rings. The number of ether oxygens (including phenoxy) is 2. The molecule has 6 nitrogen and oxygen atoms in total. The third-order valence-corrected chi connectivity index (χ3v) is 3.71. The van der Waals surface area contributed by atoms with Gasteiger partial charge in [-0.25, -0.2) is 4.79 Å². The van der Waals surface area contributed by atoms with E-state index >= 15 is 0 Å². The number of nitrogens with zero attached hydrogens (tertiary/aromatic N) is 1. The third-order valence-electron chi connectivity index (χ3n) is 3.71. The van der Waals surface area contributed by atoms with Crippen molar-refractivity contribution in [3.63, 3.8) is 0 Å². The van der Waals surface area contributed by atoms with Gasteiger partial charge < -0.3 is 24.3 Å². The van der Waals surface area contributed by atoms with Gasteiger partial charge in [0.25, 0.3) is 0 Å². The van der Waals surface area contributed by atoms with Crippen molar-refractivity contribution in [1.29, 1.82) is 0 Å². The van der Waals surface area contributed by atoms with Gasteiger partial charge in [0.05, 0.1) is 12.2 Å². The number of amides is 1. The first-order valence-electron chi connectivity index (χ1n) is 7.32. The van der Waals surface area contributed by atoms with Gasteiger partial charge in [-0.1, -0.05) is 30.3 Å². The Balaban J connectivity index is 1.73. The van der Waals surface area contributed by atoms with Crippen LogP contribution in [0.5, 0.6) is 0 Å². The van der Waals surface area contributed by atoms with Crippen LogP contribution in [-0.2, 0) is 20.9 Å². The van der Waals surface area contributed by atoms with E-state index in [9.17, 15) is 14.7 Å². The number of aliphatic hydroxyl groups is 1. The number of benzene rings is 1. The number of aldehydes is 1. The van der Waals surface area contributed by atoms with Crippen LogP contribution in [0.4, 0.5) is 4.79 Å². The molecule has 0 aliphatic carbocycles. The zero-order chi connectivity index (χ0) is 15.8. The fourth-order valence-electron chi connectivity index (χ4n) is 2.36. The van der Waals surface area contributed by atoms with Crippen molar-refractivity contribution in [3.8, 4) is 0 Å². The van der Waals surface area contributed by atoms with Crippen molar-refractivity contribution in [3.05, 3.63) is 35.9 Å². The average molecular weight is 307 g/mol. The van der Waals surface area contributed by atoms with E-state index in [1.807, 2.05) is 30.3 Å². The molecule has 0 bridgehead atoms. The summed E-state index contributed by atoms with van der Waals surface area (Å²) in [6.45, 7) is 1.15. The second kappa shape index (κ2) is 7.91. The Morgan fingerprint density at radius 3 is 2.59 bits per heavy atom. The van der Waals surface area contributed by atoms with Crippen LogP contribution in [0.1, 0.15) is 18.4 Å². The largest absolute Gasteiger partial charge is 0.445 e. The molecule has 0 radical (unpaired) electrons. The number of carbonyl (C=O) groups excluding carboxylic acids is 2. The van der Waals surface area contributed by atoms with Crippen molar-refractivity contribution < 1.29 is 24.2 Å². The number of hydrogen-bond acceptors (Lipinski definition) is 5. The summed E-state index contributed by atoms with van der Waals surface area (Å²) in [5.41, 5.74) is -0.0363. The lowest BCUT2D eigenvalue weighted by Gasteiger charge is -2.37. The highest BCUT2D eigenvalue weighted by Gasteiger charge is 2.34. The predicted molar refractivity (Wildman–Crippen MR) is 79.3 cm³/mol. The summed E-state index contributed by atoms with van der Waals surface area (Å²) in [7, 11) is 0. The van der Waals surface area contributed by atoms with Gasteiger partial charge in [-0.2, -0.15) is 0 Å². The Morgan fingerprint density at radius 2 is 1.95 bits per heavy atom. The first-order chi connectivity index (χ1) is 10.6. The molecule has 1 heterocycles. The summed E-state index contributed by atoms with van der Waals surface area (Å²) >= 11 is 0.